The Hall–Kier alpha value is -2.88. The Balaban J connectivity index is 2.01. The van der Waals surface area contributed by atoms with E-state index in [0.29, 0.717) is 5.95 Å². The molecule has 0 bridgehead atoms. The number of hydrogen-bond donors (Lipinski definition) is 1. The standard InChI is InChI=1S/C20H22N4/c1-3-14-21-20-22-18(16-10-6-4-7-11-16)15-19(23-20)24(2)17-12-8-5-9-13-17/h4-13,15H,3,14H2,1-2H3,(H,21,22,23). The van der Waals surface area contributed by atoms with E-state index < -0.39 is 0 Å². The first kappa shape index (κ1) is 16.0. The summed E-state index contributed by atoms with van der Waals surface area (Å²) in [6.45, 7) is 2.98. The summed E-state index contributed by atoms with van der Waals surface area (Å²) < 4.78 is 0. The van der Waals surface area contributed by atoms with Crippen LogP contribution in [0.25, 0.3) is 11.3 Å². The van der Waals surface area contributed by atoms with Gasteiger partial charge in [-0.1, -0.05) is 55.5 Å². The number of para-hydroxylation sites is 1. The fourth-order valence-corrected chi connectivity index (χ4v) is 2.46. The number of rotatable bonds is 6. The van der Waals surface area contributed by atoms with E-state index in [0.717, 1.165) is 35.7 Å². The third-order valence-electron chi connectivity index (χ3n) is 3.80. The first-order chi connectivity index (χ1) is 11.8. The number of nitrogens with one attached hydrogen (secondary N) is 1. The van der Waals surface area contributed by atoms with Crippen LogP contribution < -0.4 is 10.2 Å². The molecule has 0 aliphatic rings. The molecule has 1 N–H and O–H groups in total. The van der Waals surface area contributed by atoms with Crippen molar-refractivity contribution < 1.29 is 0 Å². The van der Waals surface area contributed by atoms with E-state index in [2.05, 4.69) is 51.4 Å². The lowest BCUT2D eigenvalue weighted by Gasteiger charge is -2.20. The minimum atomic E-state index is 0.663. The van der Waals surface area contributed by atoms with Crippen LogP contribution >= 0.6 is 0 Å². The molecule has 122 valence electrons. The molecule has 0 aliphatic carbocycles. The maximum absolute atomic E-state index is 4.68. The monoisotopic (exact) mass is 318 g/mol. The topological polar surface area (TPSA) is 41.1 Å². The van der Waals surface area contributed by atoms with Crippen LogP contribution in [0.2, 0.25) is 0 Å². The van der Waals surface area contributed by atoms with Crippen LogP contribution in [0.1, 0.15) is 13.3 Å². The molecule has 0 radical (unpaired) electrons. The Morgan fingerprint density at radius 1 is 0.917 bits per heavy atom. The Labute approximate surface area is 143 Å². The Morgan fingerprint density at radius 3 is 2.25 bits per heavy atom. The fourth-order valence-electron chi connectivity index (χ4n) is 2.46. The van der Waals surface area contributed by atoms with Crippen molar-refractivity contribution in [2.45, 2.75) is 13.3 Å². The van der Waals surface area contributed by atoms with E-state index >= 15 is 0 Å². The molecule has 0 unspecified atom stereocenters. The summed E-state index contributed by atoms with van der Waals surface area (Å²) in [5, 5.41) is 3.30. The molecule has 0 fully saturated rings. The Bertz CT molecular complexity index is 772. The molecule has 0 aliphatic heterocycles. The molecule has 0 amide bonds. The van der Waals surface area contributed by atoms with Gasteiger partial charge in [0, 0.05) is 30.9 Å². The van der Waals surface area contributed by atoms with Crippen LogP contribution in [0.4, 0.5) is 17.5 Å². The van der Waals surface area contributed by atoms with Crippen LogP contribution in [-0.4, -0.2) is 23.6 Å². The van der Waals surface area contributed by atoms with E-state index in [9.17, 15) is 0 Å². The zero-order chi connectivity index (χ0) is 16.8. The van der Waals surface area contributed by atoms with Crippen molar-refractivity contribution >= 4 is 17.5 Å². The van der Waals surface area contributed by atoms with Gasteiger partial charge in [-0.2, -0.15) is 4.98 Å². The molecule has 3 aromatic rings. The summed E-state index contributed by atoms with van der Waals surface area (Å²) in [5.74, 6) is 1.53. The predicted molar refractivity (Wildman–Crippen MR) is 101 cm³/mol. The average Bonchev–Trinajstić information content (AvgIpc) is 2.67. The molecule has 3 rings (SSSR count). The third-order valence-corrected chi connectivity index (χ3v) is 3.80. The highest BCUT2D eigenvalue weighted by atomic mass is 15.2. The van der Waals surface area contributed by atoms with Gasteiger partial charge in [-0.05, 0) is 18.6 Å². The molecule has 0 saturated heterocycles. The maximum Gasteiger partial charge on any atom is 0.225 e. The molecule has 4 nitrogen and oxygen atoms in total. The molecule has 0 atom stereocenters. The highest BCUT2D eigenvalue weighted by Gasteiger charge is 2.11. The lowest BCUT2D eigenvalue weighted by molar-refractivity contribution is 0.949. The van der Waals surface area contributed by atoms with Gasteiger partial charge in [-0.25, -0.2) is 4.98 Å². The highest BCUT2D eigenvalue weighted by Crippen LogP contribution is 2.27. The van der Waals surface area contributed by atoms with Gasteiger partial charge < -0.3 is 10.2 Å². The van der Waals surface area contributed by atoms with Gasteiger partial charge in [0.15, 0.2) is 0 Å². The molecular weight excluding hydrogens is 296 g/mol. The maximum atomic E-state index is 4.68. The SMILES string of the molecule is CCCNc1nc(-c2ccccc2)cc(N(C)c2ccccc2)n1. The van der Waals surface area contributed by atoms with E-state index in [1.165, 1.54) is 0 Å². The molecule has 2 aromatic carbocycles. The van der Waals surface area contributed by atoms with E-state index in [1.807, 2.05) is 49.5 Å². The van der Waals surface area contributed by atoms with Crippen molar-refractivity contribution in [3.05, 3.63) is 66.7 Å². The van der Waals surface area contributed by atoms with Crippen LogP contribution in [-0.2, 0) is 0 Å². The van der Waals surface area contributed by atoms with E-state index in [1.54, 1.807) is 0 Å². The smallest absolute Gasteiger partial charge is 0.225 e. The van der Waals surface area contributed by atoms with Gasteiger partial charge in [-0.15, -0.1) is 0 Å². The molecule has 24 heavy (non-hydrogen) atoms. The Morgan fingerprint density at radius 2 is 1.58 bits per heavy atom. The average molecular weight is 318 g/mol. The second-order valence-electron chi connectivity index (χ2n) is 5.62. The Kier molecular flexibility index (Phi) is 5.06. The van der Waals surface area contributed by atoms with Crippen molar-refractivity contribution in [3.8, 4) is 11.3 Å². The summed E-state index contributed by atoms with van der Waals surface area (Å²) in [7, 11) is 2.02. The first-order valence-corrected chi connectivity index (χ1v) is 8.25. The number of anilines is 3. The van der Waals surface area contributed by atoms with Crippen molar-refractivity contribution in [1.29, 1.82) is 0 Å². The van der Waals surface area contributed by atoms with E-state index in [-0.39, 0.29) is 0 Å². The molecule has 0 spiro atoms. The lowest BCUT2D eigenvalue weighted by Crippen LogP contribution is -2.14. The van der Waals surface area contributed by atoms with Crippen molar-refractivity contribution in [1.82, 2.24) is 9.97 Å². The summed E-state index contributed by atoms with van der Waals surface area (Å²) >= 11 is 0. The minimum absolute atomic E-state index is 0.663. The predicted octanol–water partition coefficient (Wildman–Crippen LogP) is 4.73. The molecular formula is C20H22N4. The quantitative estimate of drug-likeness (QED) is 0.713. The van der Waals surface area contributed by atoms with Gasteiger partial charge in [0.05, 0.1) is 5.69 Å². The molecule has 1 heterocycles. The van der Waals surface area contributed by atoms with Gasteiger partial charge in [0.1, 0.15) is 5.82 Å². The van der Waals surface area contributed by atoms with Gasteiger partial charge in [-0.3, -0.25) is 0 Å². The van der Waals surface area contributed by atoms with Crippen LogP contribution in [0.5, 0.6) is 0 Å². The largest absolute Gasteiger partial charge is 0.354 e. The van der Waals surface area contributed by atoms with Crippen molar-refractivity contribution in [2.24, 2.45) is 0 Å². The summed E-state index contributed by atoms with van der Waals surface area (Å²) in [4.78, 5) is 11.4. The van der Waals surface area contributed by atoms with Crippen LogP contribution in [0.3, 0.4) is 0 Å². The molecule has 1 aromatic heterocycles. The van der Waals surface area contributed by atoms with Crippen LogP contribution in [0.15, 0.2) is 66.7 Å². The van der Waals surface area contributed by atoms with Crippen molar-refractivity contribution in [2.75, 3.05) is 23.8 Å². The normalized spacial score (nSPS) is 10.4. The van der Waals surface area contributed by atoms with Crippen LogP contribution in [0, 0.1) is 0 Å². The zero-order valence-electron chi connectivity index (χ0n) is 14.1. The number of aromatic nitrogens is 2. The fraction of sp³-hybridized carbons (Fsp3) is 0.200. The minimum Gasteiger partial charge on any atom is -0.354 e. The van der Waals surface area contributed by atoms with Gasteiger partial charge >= 0.3 is 0 Å². The third kappa shape index (κ3) is 3.71. The zero-order valence-corrected chi connectivity index (χ0v) is 14.1. The number of nitrogens with zero attached hydrogens (tertiary/aromatic N) is 3. The second kappa shape index (κ2) is 7.59. The second-order valence-corrected chi connectivity index (χ2v) is 5.62. The first-order valence-electron chi connectivity index (χ1n) is 8.25. The van der Waals surface area contributed by atoms with Crippen molar-refractivity contribution in [3.63, 3.8) is 0 Å². The van der Waals surface area contributed by atoms with Gasteiger partial charge in [0.2, 0.25) is 5.95 Å². The number of benzene rings is 2. The van der Waals surface area contributed by atoms with E-state index in [4.69, 9.17) is 0 Å². The number of hydrogen-bond acceptors (Lipinski definition) is 4. The summed E-state index contributed by atoms with van der Waals surface area (Å²) in [6, 6.07) is 22.4. The molecule has 4 heteroatoms. The molecule has 0 saturated carbocycles. The highest BCUT2D eigenvalue weighted by molar-refractivity contribution is 5.68. The summed E-state index contributed by atoms with van der Waals surface area (Å²) in [6.07, 6.45) is 1.03. The summed E-state index contributed by atoms with van der Waals surface area (Å²) in [5.41, 5.74) is 3.10. The lowest BCUT2D eigenvalue weighted by atomic mass is 10.1. The van der Waals surface area contributed by atoms with Gasteiger partial charge in [0.25, 0.3) is 0 Å².